The van der Waals surface area contributed by atoms with E-state index >= 15 is 0 Å². The first kappa shape index (κ1) is 18.7. The van der Waals surface area contributed by atoms with Crippen LogP contribution in [0.5, 0.6) is 0 Å². The van der Waals surface area contributed by atoms with E-state index in [2.05, 4.69) is 5.10 Å². The second-order valence-corrected chi connectivity index (χ2v) is 7.77. The molecule has 2 fully saturated rings. The number of hydrogen-bond donors (Lipinski definition) is 0. The number of carbonyl (C=O) groups is 2. The molecule has 1 atom stereocenters. The average molecular weight is 382 g/mol. The van der Waals surface area contributed by atoms with E-state index in [1.54, 1.807) is 10.9 Å². The number of hydrogen-bond acceptors (Lipinski definition) is 4. The van der Waals surface area contributed by atoms with Crippen LogP contribution in [0.15, 0.2) is 42.7 Å². The summed E-state index contributed by atoms with van der Waals surface area (Å²) in [4.78, 5) is 29.7. The van der Waals surface area contributed by atoms with Crippen molar-refractivity contribution < 1.29 is 14.3 Å². The van der Waals surface area contributed by atoms with Gasteiger partial charge in [-0.3, -0.25) is 14.3 Å². The number of rotatable bonds is 4. The number of ether oxygens (including phenoxy) is 1. The smallest absolute Gasteiger partial charge is 0.244 e. The van der Waals surface area contributed by atoms with Gasteiger partial charge in [-0.05, 0) is 24.5 Å². The molecule has 28 heavy (non-hydrogen) atoms. The third-order valence-electron chi connectivity index (χ3n) is 5.63. The van der Waals surface area contributed by atoms with E-state index in [9.17, 15) is 9.59 Å². The highest BCUT2D eigenvalue weighted by Gasteiger charge is 2.46. The standard InChI is InChI=1S/C21H26N4O3/c1-17-11-22-24(12-17)14-20(27)23-9-7-19(26)25(13-18-5-3-2-4-6-18)21(15-23)8-10-28-16-21/h2-6,11-12H,7-10,13-16H2,1H3. The number of aromatic nitrogens is 2. The highest BCUT2D eigenvalue weighted by molar-refractivity contribution is 5.81. The van der Waals surface area contributed by atoms with E-state index in [1.165, 1.54) is 0 Å². The fourth-order valence-corrected chi connectivity index (χ4v) is 4.11. The van der Waals surface area contributed by atoms with Gasteiger partial charge in [0.25, 0.3) is 0 Å². The molecule has 4 rings (SSSR count). The van der Waals surface area contributed by atoms with E-state index in [0.29, 0.717) is 39.3 Å². The van der Waals surface area contributed by atoms with Crippen LogP contribution in [0.4, 0.5) is 0 Å². The number of nitrogens with zero attached hydrogens (tertiary/aromatic N) is 4. The zero-order chi connectivity index (χ0) is 19.6. The first-order chi connectivity index (χ1) is 13.6. The van der Waals surface area contributed by atoms with Crippen molar-refractivity contribution in [3.63, 3.8) is 0 Å². The van der Waals surface area contributed by atoms with E-state index in [-0.39, 0.29) is 18.4 Å². The monoisotopic (exact) mass is 382 g/mol. The zero-order valence-electron chi connectivity index (χ0n) is 16.2. The first-order valence-electron chi connectivity index (χ1n) is 9.75. The Morgan fingerprint density at radius 2 is 2.11 bits per heavy atom. The number of carbonyl (C=O) groups excluding carboxylic acids is 2. The Labute approximate surface area is 164 Å². The van der Waals surface area contributed by atoms with E-state index in [4.69, 9.17) is 4.74 Å². The summed E-state index contributed by atoms with van der Waals surface area (Å²) in [6, 6.07) is 10.0. The molecule has 1 aromatic heterocycles. The fourth-order valence-electron chi connectivity index (χ4n) is 4.11. The Morgan fingerprint density at radius 3 is 2.79 bits per heavy atom. The molecule has 2 aliphatic rings. The summed E-state index contributed by atoms with van der Waals surface area (Å²) in [7, 11) is 0. The molecule has 0 aliphatic carbocycles. The third-order valence-corrected chi connectivity index (χ3v) is 5.63. The molecule has 2 amide bonds. The van der Waals surface area contributed by atoms with E-state index in [1.807, 2.05) is 53.3 Å². The van der Waals surface area contributed by atoms with Gasteiger partial charge >= 0.3 is 0 Å². The molecule has 7 nitrogen and oxygen atoms in total. The van der Waals surface area contributed by atoms with Gasteiger partial charge in [0.2, 0.25) is 11.8 Å². The van der Waals surface area contributed by atoms with Crippen LogP contribution in [0.25, 0.3) is 0 Å². The highest BCUT2D eigenvalue weighted by Crippen LogP contribution is 2.32. The number of aryl methyl sites for hydroxylation is 1. The molecule has 0 radical (unpaired) electrons. The number of amides is 2. The second kappa shape index (κ2) is 7.75. The van der Waals surface area contributed by atoms with Crippen LogP contribution in [-0.2, 0) is 27.4 Å². The first-order valence-corrected chi connectivity index (χ1v) is 9.75. The van der Waals surface area contributed by atoms with Crippen LogP contribution >= 0.6 is 0 Å². The zero-order valence-corrected chi connectivity index (χ0v) is 16.2. The molecule has 0 N–H and O–H groups in total. The maximum Gasteiger partial charge on any atom is 0.244 e. The van der Waals surface area contributed by atoms with E-state index < -0.39 is 5.54 Å². The normalized spacial score (nSPS) is 22.7. The van der Waals surface area contributed by atoms with E-state index in [0.717, 1.165) is 17.5 Å². The summed E-state index contributed by atoms with van der Waals surface area (Å²) in [5.74, 6) is 0.0725. The largest absolute Gasteiger partial charge is 0.379 e. The molecular weight excluding hydrogens is 356 g/mol. The summed E-state index contributed by atoms with van der Waals surface area (Å²) in [6.07, 6.45) is 4.68. The van der Waals surface area contributed by atoms with Crippen molar-refractivity contribution in [1.82, 2.24) is 19.6 Å². The Hall–Kier alpha value is -2.67. The van der Waals surface area contributed by atoms with Crippen molar-refractivity contribution in [2.75, 3.05) is 26.3 Å². The minimum absolute atomic E-state index is 0.0104. The molecule has 2 aliphatic heterocycles. The molecule has 1 unspecified atom stereocenters. The van der Waals surface area contributed by atoms with Crippen LogP contribution < -0.4 is 0 Å². The van der Waals surface area contributed by atoms with Crippen molar-refractivity contribution >= 4 is 11.8 Å². The minimum atomic E-state index is -0.459. The summed E-state index contributed by atoms with van der Waals surface area (Å²) >= 11 is 0. The van der Waals surface area contributed by atoms with Crippen molar-refractivity contribution in [3.05, 3.63) is 53.9 Å². The maximum absolute atomic E-state index is 13.0. The summed E-state index contributed by atoms with van der Waals surface area (Å²) in [5, 5.41) is 4.22. The van der Waals surface area contributed by atoms with Crippen molar-refractivity contribution in [2.24, 2.45) is 0 Å². The summed E-state index contributed by atoms with van der Waals surface area (Å²) in [6.45, 7) is 4.71. The van der Waals surface area contributed by atoms with Gasteiger partial charge in [0.1, 0.15) is 6.54 Å². The lowest BCUT2D eigenvalue weighted by Crippen LogP contribution is -2.56. The Kier molecular flexibility index (Phi) is 5.17. The molecule has 3 heterocycles. The lowest BCUT2D eigenvalue weighted by atomic mass is 9.94. The fraction of sp³-hybridized carbons (Fsp3) is 0.476. The van der Waals surface area contributed by atoms with Gasteiger partial charge in [-0.15, -0.1) is 0 Å². The van der Waals surface area contributed by atoms with Crippen molar-refractivity contribution in [3.8, 4) is 0 Å². The molecule has 148 valence electrons. The average Bonchev–Trinajstić information content (AvgIpc) is 3.30. The van der Waals surface area contributed by atoms with Crippen LogP contribution in [0.3, 0.4) is 0 Å². The highest BCUT2D eigenvalue weighted by atomic mass is 16.5. The third kappa shape index (κ3) is 3.80. The molecule has 2 saturated heterocycles. The SMILES string of the molecule is Cc1cnn(CC(=O)N2CCC(=O)N(Cc3ccccc3)C3(CCOC3)C2)c1. The Morgan fingerprint density at radius 1 is 1.29 bits per heavy atom. The molecule has 7 heteroatoms. The van der Waals surface area contributed by atoms with Crippen LogP contribution in [0, 0.1) is 6.92 Å². The molecule has 1 spiro atoms. The van der Waals surface area contributed by atoms with Gasteiger partial charge in [-0.2, -0.15) is 5.10 Å². The van der Waals surface area contributed by atoms with Gasteiger partial charge in [-0.25, -0.2) is 0 Å². The Balaban J connectivity index is 1.55. The second-order valence-electron chi connectivity index (χ2n) is 7.77. The van der Waals surface area contributed by atoms with Gasteiger partial charge in [0.15, 0.2) is 0 Å². The summed E-state index contributed by atoms with van der Waals surface area (Å²) in [5.41, 5.74) is 1.65. The lowest BCUT2D eigenvalue weighted by Gasteiger charge is -2.40. The van der Waals surface area contributed by atoms with Gasteiger partial charge in [0, 0.05) is 38.9 Å². The number of benzene rings is 1. The topological polar surface area (TPSA) is 67.7 Å². The van der Waals surface area contributed by atoms with Crippen LogP contribution in [-0.4, -0.2) is 63.2 Å². The minimum Gasteiger partial charge on any atom is -0.379 e. The Bertz CT molecular complexity index is 842. The molecule has 0 bridgehead atoms. The van der Waals surface area contributed by atoms with Crippen molar-refractivity contribution in [1.29, 1.82) is 0 Å². The van der Waals surface area contributed by atoms with Gasteiger partial charge in [0.05, 0.1) is 18.3 Å². The predicted molar refractivity (Wildman–Crippen MR) is 103 cm³/mol. The van der Waals surface area contributed by atoms with Gasteiger partial charge in [-0.1, -0.05) is 30.3 Å². The molecule has 0 saturated carbocycles. The molecule has 1 aromatic carbocycles. The molecular formula is C21H26N4O3. The summed E-state index contributed by atoms with van der Waals surface area (Å²) < 4.78 is 7.37. The van der Waals surface area contributed by atoms with Crippen LogP contribution in [0.2, 0.25) is 0 Å². The maximum atomic E-state index is 13.0. The van der Waals surface area contributed by atoms with Crippen LogP contribution in [0.1, 0.15) is 24.0 Å². The predicted octanol–water partition coefficient (Wildman–Crippen LogP) is 1.61. The van der Waals surface area contributed by atoms with Crippen molar-refractivity contribution in [2.45, 2.75) is 38.4 Å². The quantitative estimate of drug-likeness (QED) is 0.806. The molecule has 2 aromatic rings. The lowest BCUT2D eigenvalue weighted by molar-refractivity contribution is -0.138. The van der Waals surface area contributed by atoms with Gasteiger partial charge < -0.3 is 14.5 Å².